The molecule has 0 radical (unpaired) electrons. The van der Waals surface area contributed by atoms with E-state index in [1.54, 1.807) is 6.92 Å². The highest BCUT2D eigenvalue weighted by Crippen LogP contribution is 2.18. The van der Waals surface area contributed by atoms with Crippen molar-refractivity contribution in [3.05, 3.63) is 34.9 Å². The molecular weight excluding hydrogens is 184 g/mol. The second kappa shape index (κ2) is 4.28. The zero-order valence-corrected chi connectivity index (χ0v) is 8.55. The van der Waals surface area contributed by atoms with Crippen LogP contribution in [0.2, 0.25) is 5.02 Å². The van der Waals surface area contributed by atoms with Gasteiger partial charge in [0.2, 0.25) is 0 Å². The molecule has 1 atom stereocenters. The zero-order valence-electron chi connectivity index (χ0n) is 7.79. The molecule has 0 saturated carbocycles. The third-order valence-electron chi connectivity index (χ3n) is 1.75. The van der Waals surface area contributed by atoms with Crippen LogP contribution >= 0.6 is 11.6 Å². The van der Waals surface area contributed by atoms with Gasteiger partial charge in [-0.05, 0) is 31.5 Å². The summed E-state index contributed by atoms with van der Waals surface area (Å²) in [5, 5.41) is 0.740. The van der Waals surface area contributed by atoms with E-state index in [9.17, 15) is 0 Å². The van der Waals surface area contributed by atoms with Crippen molar-refractivity contribution in [3.8, 4) is 0 Å². The van der Waals surface area contributed by atoms with Gasteiger partial charge in [-0.1, -0.05) is 23.7 Å². The number of amidine groups is 1. The summed E-state index contributed by atoms with van der Waals surface area (Å²) in [5.41, 5.74) is 6.60. The summed E-state index contributed by atoms with van der Waals surface area (Å²) in [5.74, 6) is 0.599. The summed E-state index contributed by atoms with van der Waals surface area (Å²) < 4.78 is 0. The summed E-state index contributed by atoms with van der Waals surface area (Å²) in [6.45, 7) is 3.78. The topological polar surface area (TPSA) is 38.4 Å². The smallest absolute Gasteiger partial charge is 0.0913 e. The number of halogens is 1. The van der Waals surface area contributed by atoms with E-state index < -0.39 is 0 Å². The molecule has 0 heterocycles. The van der Waals surface area contributed by atoms with Crippen molar-refractivity contribution in [1.82, 2.24) is 0 Å². The Kier molecular flexibility index (Phi) is 3.32. The van der Waals surface area contributed by atoms with Crippen molar-refractivity contribution < 1.29 is 0 Å². The van der Waals surface area contributed by atoms with Crippen LogP contribution in [0.15, 0.2) is 29.3 Å². The summed E-state index contributed by atoms with van der Waals surface area (Å²) in [7, 11) is 0. The van der Waals surface area contributed by atoms with Gasteiger partial charge >= 0.3 is 0 Å². The standard InChI is InChI=1S/C10H13ClN2/c1-7(13-8(2)12)9-3-5-10(11)6-4-9/h3-7H,1-2H3,(H2,12,13). The van der Waals surface area contributed by atoms with Gasteiger partial charge < -0.3 is 5.73 Å². The molecule has 0 bridgehead atoms. The summed E-state index contributed by atoms with van der Waals surface area (Å²) in [6.07, 6.45) is 0. The monoisotopic (exact) mass is 196 g/mol. The number of hydrogen-bond acceptors (Lipinski definition) is 1. The predicted octanol–water partition coefficient (Wildman–Crippen LogP) is 2.78. The summed E-state index contributed by atoms with van der Waals surface area (Å²) >= 11 is 5.76. The maximum Gasteiger partial charge on any atom is 0.0913 e. The molecule has 0 amide bonds. The highest BCUT2D eigenvalue weighted by molar-refractivity contribution is 6.30. The molecule has 0 saturated heterocycles. The quantitative estimate of drug-likeness (QED) is 0.573. The number of nitrogens with zero attached hydrogens (tertiary/aromatic N) is 1. The van der Waals surface area contributed by atoms with E-state index in [0.29, 0.717) is 5.84 Å². The molecule has 0 fully saturated rings. The van der Waals surface area contributed by atoms with E-state index >= 15 is 0 Å². The van der Waals surface area contributed by atoms with Gasteiger partial charge in [0.05, 0.1) is 11.9 Å². The highest BCUT2D eigenvalue weighted by atomic mass is 35.5. The first-order valence-electron chi connectivity index (χ1n) is 4.15. The lowest BCUT2D eigenvalue weighted by Crippen LogP contribution is -2.07. The normalized spacial score (nSPS) is 14.2. The lowest BCUT2D eigenvalue weighted by atomic mass is 10.1. The first kappa shape index (κ1) is 10.1. The molecule has 3 heteroatoms. The van der Waals surface area contributed by atoms with Crippen molar-refractivity contribution in [2.24, 2.45) is 10.7 Å². The fourth-order valence-electron chi connectivity index (χ4n) is 1.12. The van der Waals surface area contributed by atoms with Gasteiger partial charge in [-0.15, -0.1) is 0 Å². The first-order chi connectivity index (χ1) is 6.09. The van der Waals surface area contributed by atoms with E-state index in [2.05, 4.69) is 4.99 Å². The molecule has 13 heavy (non-hydrogen) atoms. The van der Waals surface area contributed by atoms with Crippen molar-refractivity contribution in [2.45, 2.75) is 19.9 Å². The summed E-state index contributed by atoms with van der Waals surface area (Å²) in [4.78, 5) is 4.23. The van der Waals surface area contributed by atoms with Crippen LogP contribution in [0, 0.1) is 0 Å². The molecule has 0 aliphatic heterocycles. The van der Waals surface area contributed by atoms with Crippen molar-refractivity contribution in [3.63, 3.8) is 0 Å². The van der Waals surface area contributed by atoms with Gasteiger partial charge in [-0.25, -0.2) is 0 Å². The van der Waals surface area contributed by atoms with Gasteiger partial charge in [0.1, 0.15) is 0 Å². The van der Waals surface area contributed by atoms with Gasteiger partial charge in [0.15, 0.2) is 0 Å². The Balaban J connectivity index is 2.83. The Morgan fingerprint density at radius 3 is 2.38 bits per heavy atom. The van der Waals surface area contributed by atoms with Gasteiger partial charge in [0.25, 0.3) is 0 Å². The predicted molar refractivity (Wildman–Crippen MR) is 57.2 cm³/mol. The third-order valence-corrected chi connectivity index (χ3v) is 2.00. The van der Waals surface area contributed by atoms with E-state index in [1.807, 2.05) is 31.2 Å². The maximum atomic E-state index is 5.76. The van der Waals surface area contributed by atoms with Crippen LogP contribution in [0.5, 0.6) is 0 Å². The van der Waals surface area contributed by atoms with E-state index in [4.69, 9.17) is 17.3 Å². The van der Waals surface area contributed by atoms with Crippen LogP contribution in [0.25, 0.3) is 0 Å². The second-order valence-electron chi connectivity index (χ2n) is 3.00. The molecule has 0 spiro atoms. The number of hydrogen-bond donors (Lipinski definition) is 1. The van der Waals surface area contributed by atoms with E-state index in [0.717, 1.165) is 10.6 Å². The summed E-state index contributed by atoms with van der Waals surface area (Å²) in [6, 6.07) is 7.73. The molecule has 0 aliphatic carbocycles. The Bertz CT molecular complexity index is 299. The number of aliphatic imine (C=N–C) groups is 1. The molecule has 0 aliphatic rings. The van der Waals surface area contributed by atoms with Gasteiger partial charge in [-0.2, -0.15) is 0 Å². The molecule has 1 aromatic carbocycles. The number of rotatable bonds is 2. The van der Waals surface area contributed by atoms with Crippen molar-refractivity contribution in [1.29, 1.82) is 0 Å². The zero-order chi connectivity index (χ0) is 9.84. The van der Waals surface area contributed by atoms with Crippen LogP contribution in [-0.2, 0) is 0 Å². The SMILES string of the molecule is CC(N)=NC(C)c1ccc(Cl)cc1. The molecular formula is C10H13ClN2. The van der Waals surface area contributed by atoms with E-state index in [1.165, 1.54) is 0 Å². The molecule has 0 aromatic heterocycles. The van der Waals surface area contributed by atoms with Crippen LogP contribution in [0.1, 0.15) is 25.5 Å². The second-order valence-corrected chi connectivity index (χ2v) is 3.43. The minimum Gasteiger partial charge on any atom is -0.388 e. The minimum absolute atomic E-state index is 0.0993. The first-order valence-corrected chi connectivity index (χ1v) is 4.52. The Morgan fingerprint density at radius 1 is 1.38 bits per heavy atom. The molecule has 1 unspecified atom stereocenters. The molecule has 1 aromatic rings. The molecule has 2 N–H and O–H groups in total. The van der Waals surface area contributed by atoms with Crippen molar-refractivity contribution in [2.75, 3.05) is 0 Å². The van der Waals surface area contributed by atoms with Crippen LogP contribution in [0.3, 0.4) is 0 Å². The average Bonchev–Trinajstić information content (AvgIpc) is 2.04. The molecule has 1 rings (SSSR count). The van der Waals surface area contributed by atoms with Gasteiger partial charge in [-0.3, -0.25) is 4.99 Å². The number of benzene rings is 1. The third kappa shape index (κ3) is 3.07. The van der Waals surface area contributed by atoms with Crippen molar-refractivity contribution >= 4 is 17.4 Å². The Hall–Kier alpha value is -1.02. The van der Waals surface area contributed by atoms with Crippen LogP contribution < -0.4 is 5.73 Å². The fraction of sp³-hybridized carbons (Fsp3) is 0.300. The minimum atomic E-state index is 0.0993. The van der Waals surface area contributed by atoms with E-state index in [-0.39, 0.29) is 6.04 Å². The van der Waals surface area contributed by atoms with Crippen LogP contribution in [0.4, 0.5) is 0 Å². The maximum absolute atomic E-state index is 5.76. The lowest BCUT2D eigenvalue weighted by Gasteiger charge is -2.06. The molecule has 2 nitrogen and oxygen atoms in total. The Labute approximate surface area is 83.4 Å². The fourth-order valence-corrected chi connectivity index (χ4v) is 1.25. The van der Waals surface area contributed by atoms with Gasteiger partial charge in [0, 0.05) is 5.02 Å². The highest BCUT2D eigenvalue weighted by Gasteiger charge is 2.01. The number of nitrogens with two attached hydrogens (primary N) is 1. The van der Waals surface area contributed by atoms with Crippen LogP contribution in [-0.4, -0.2) is 5.84 Å². The lowest BCUT2D eigenvalue weighted by molar-refractivity contribution is 0.817. The average molecular weight is 197 g/mol. The molecule has 70 valence electrons. The largest absolute Gasteiger partial charge is 0.388 e. The Morgan fingerprint density at radius 2 is 1.92 bits per heavy atom.